The third kappa shape index (κ3) is 4.88. The van der Waals surface area contributed by atoms with Gasteiger partial charge in [-0.05, 0) is 19.5 Å². The van der Waals surface area contributed by atoms with Crippen molar-refractivity contribution in [3.05, 3.63) is 34.3 Å². The molecule has 1 rings (SSSR count). The monoisotopic (exact) mass is 313 g/mol. The number of ketones is 1. The Hall–Kier alpha value is -0.710. The summed E-state index contributed by atoms with van der Waals surface area (Å²) in [5.74, 6) is 0.140. The number of carbonyl (C=O) groups excluding carboxylic acids is 1. The molecule has 18 heavy (non-hydrogen) atoms. The number of ether oxygens (including phenoxy) is 1. The molecule has 0 aliphatic carbocycles. The second kappa shape index (κ2) is 8.40. The lowest BCUT2D eigenvalue weighted by molar-refractivity contribution is 0.0867. The quantitative estimate of drug-likeness (QED) is 0.546. The van der Waals surface area contributed by atoms with Crippen molar-refractivity contribution < 1.29 is 9.53 Å². The lowest BCUT2D eigenvalue weighted by atomic mass is 10.1. The molecule has 0 saturated heterocycles. The summed E-state index contributed by atoms with van der Waals surface area (Å²) in [6, 6.07) is 7.54. The van der Waals surface area contributed by atoms with E-state index in [9.17, 15) is 4.79 Å². The van der Waals surface area contributed by atoms with Crippen LogP contribution in [0.4, 0.5) is 0 Å². The third-order valence-electron chi connectivity index (χ3n) is 2.74. The molecular formula is C14H20BrNO2. The highest BCUT2D eigenvalue weighted by Crippen LogP contribution is 2.16. The van der Waals surface area contributed by atoms with Crippen molar-refractivity contribution >= 4 is 21.7 Å². The number of Topliss-reactive ketones (excluding diaryl/α,β-unsaturated/α-hetero) is 1. The van der Waals surface area contributed by atoms with Crippen LogP contribution in [0.2, 0.25) is 0 Å². The maximum Gasteiger partial charge on any atom is 0.177 e. The summed E-state index contributed by atoms with van der Waals surface area (Å²) in [6.07, 6.45) is 0. The highest BCUT2D eigenvalue weighted by molar-refractivity contribution is 9.10. The maximum absolute atomic E-state index is 12.2. The largest absolute Gasteiger partial charge is 0.380 e. The summed E-state index contributed by atoms with van der Waals surface area (Å²) in [7, 11) is 0. The van der Waals surface area contributed by atoms with Gasteiger partial charge in [0.1, 0.15) is 0 Å². The molecule has 4 heteroatoms. The first-order valence-electron chi connectivity index (χ1n) is 6.26. The Labute approximate surface area is 117 Å². The summed E-state index contributed by atoms with van der Waals surface area (Å²) in [5.41, 5.74) is 0.743. The Morgan fingerprint density at radius 2 is 2.06 bits per heavy atom. The van der Waals surface area contributed by atoms with Gasteiger partial charge < -0.3 is 4.74 Å². The normalized spacial score (nSPS) is 10.9. The summed E-state index contributed by atoms with van der Waals surface area (Å²) < 4.78 is 6.17. The standard InChI is InChI=1S/C14H20BrNO2/c1-3-16(9-10-18-4-2)11-14(17)12-7-5-6-8-13(12)15/h5-8H,3-4,9-11H2,1-2H3. The molecular weight excluding hydrogens is 294 g/mol. The lowest BCUT2D eigenvalue weighted by Gasteiger charge is -2.19. The van der Waals surface area contributed by atoms with E-state index in [0.717, 1.165) is 29.7 Å². The number of carbonyl (C=O) groups is 1. The van der Waals surface area contributed by atoms with Gasteiger partial charge in [-0.1, -0.05) is 41.1 Å². The molecule has 0 bridgehead atoms. The minimum atomic E-state index is 0.140. The SMILES string of the molecule is CCOCCN(CC)CC(=O)c1ccccc1Br. The molecule has 0 radical (unpaired) electrons. The van der Waals surface area contributed by atoms with Crippen LogP contribution in [0.15, 0.2) is 28.7 Å². The van der Waals surface area contributed by atoms with Crippen molar-refractivity contribution in [3.8, 4) is 0 Å². The number of rotatable bonds is 8. The molecule has 0 heterocycles. The van der Waals surface area contributed by atoms with E-state index in [4.69, 9.17) is 4.74 Å². The Kier molecular flexibility index (Phi) is 7.16. The molecule has 0 aromatic heterocycles. The molecule has 0 aliphatic rings. The zero-order valence-electron chi connectivity index (χ0n) is 11.0. The Bertz CT molecular complexity index is 382. The molecule has 100 valence electrons. The van der Waals surface area contributed by atoms with Crippen molar-refractivity contribution in [1.29, 1.82) is 0 Å². The summed E-state index contributed by atoms with van der Waals surface area (Å²) >= 11 is 3.41. The van der Waals surface area contributed by atoms with Crippen molar-refractivity contribution in [2.24, 2.45) is 0 Å². The molecule has 1 aromatic rings. The fourth-order valence-electron chi connectivity index (χ4n) is 1.66. The van der Waals surface area contributed by atoms with Crippen molar-refractivity contribution in [1.82, 2.24) is 4.90 Å². The van der Waals surface area contributed by atoms with Crippen LogP contribution in [0.1, 0.15) is 24.2 Å². The van der Waals surface area contributed by atoms with Crippen LogP contribution in [0.25, 0.3) is 0 Å². The minimum absolute atomic E-state index is 0.140. The zero-order chi connectivity index (χ0) is 13.4. The first-order valence-corrected chi connectivity index (χ1v) is 7.06. The average Bonchev–Trinajstić information content (AvgIpc) is 2.38. The van der Waals surface area contributed by atoms with Crippen LogP contribution in [0, 0.1) is 0 Å². The molecule has 3 nitrogen and oxygen atoms in total. The molecule has 0 saturated carbocycles. The van der Waals surface area contributed by atoms with Gasteiger partial charge in [0.15, 0.2) is 5.78 Å². The molecule has 1 aromatic carbocycles. The van der Waals surface area contributed by atoms with E-state index < -0.39 is 0 Å². The van der Waals surface area contributed by atoms with E-state index in [1.54, 1.807) is 0 Å². The van der Waals surface area contributed by atoms with E-state index >= 15 is 0 Å². The predicted octanol–water partition coefficient (Wildman–Crippen LogP) is 2.99. The number of likely N-dealkylation sites (N-methyl/N-ethyl adjacent to an activating group) is 1. The van der Waals surface area contributed by atoms with E-state index in [0.29, 0.717) is 13.2 Å². The second-order valence-electron chi connectivity index (χ2n) is 3.97. The van der Waals surface area contributed by atoms with Gasteiger partial charge in [0, 0.05) is 23.2 Å². The smallest absolute Gasteiger partial charge is 0.177 e. The highest BCUT2D eigenvalue weighted by atomic mass is 79.9. The predicted molar refractivity (Wildman–Crippen MR) is 77.1 cm³/mol. The molecule has 0 N–H and O–H groups in total. The average molecular weight is 314 g/mol. The van der Waals surface area contributed by atoms with Crippen molar-refractivity contribution in [2.75, 3.05) is 32.8 Å². The number of hydrogen-bond donors (Lipinski definition) is 0. The van der Waals surface area contributed by atoms with Gasteiger partial charge in [-0.2, -0.15) is 0 Å². The molecule has 0 atom stereocenters. The van der Waals surface area contributed by atoms with Gasteiger partial charge in [0.2, 0.25) is 0 Å². The van der Waals surface area contributed by atoms with Crippen LogP contribution < -0.4 is 0 Å². The van der Waals surface area contributed by atoms with E-state index in [-0.39, 0.29) is 5.78 Å². The highest BCUT2D eigenvalue weighted by Gasteiger charge is 2.13. The van der Waals surface area contributed by atoms with Gasteiger partial charge in [0.05, 0.1) is 13.2 Å². The van der Waals surface area contributed by atoms with Gasteiger partial charge in [-0.15, -0.1) is 0 Å². The van der Waals surface area contributed by atoms with Gasteiger partial charge in [-0.3, -0.25) is 9.69 Å². The van der Waals surface area contributed by atoms with Gasteiger partial charge >= 0.3 is 0 Å². The molecule has 0 spiro atoms. The zero-order valence-corrected chi connectivity index (χ0v) is 12.6. The van der Waals surface area contributed by atoms with E-state index in [2.05, 4.69) is 27.8 Å². The topological polar surface area (TPSA) is 29.5 Å². The van der Waals surface area contributed by atoms with Gasteiger partial charge in [0.25, 0.3) is 0 Å². The number of nitrogens with zero attached hydrogens (tertiary/aromatic N) is 1. The van der Waals surface area contributed by atoms with Crippen LogP contribution in [-0.2, 0) is 4.74 Å². The number of hydrogen-bond acceptors (Lipinski definition) is 3. The van der Waals surface area contributed by atoms with Crippen LogP contribution in [0.5, 0.6) is 0 Å². The fraction of sp³-hybridized carbons (Fsp3) is 0.500. The summed E-state index contributed by atoms with van der Waals surface area (Å²) in [6.45, 7) is 7.50. The molecule has 0 amide bonds. The lowest BCUT2D eigenvalue weighted by Crippen LogP contribution is -2.32. The Balaban J connectivity index is 2.54. The molecule has 0 fully saturated rings. The molecule has 0 unspecified atom stereocenters. The van der Waals surface area contributed by atoms with Crippen LogP contribution in [-0.4, -0.2) is 43.5 Å². The van der Waals surface area contributed by atoms with Crippen LogP contribution >= 0.6 is 15.9 Å². The Morgan fingerprint density at radius 3 is 2.67 bits per heavy atom. The minimum Gasteiger partial charge on any atom is -0.380 e. The third-order valence-corrected chi connectivity index (χ3v) is 3.44. The second-order valence-corrected chi connectivity index (χ2v) is 4.82. The first kappa shape index (κ1) is 15.3. The van der Waals surface area contributed by atoms with Crippen molar-refractivity contribution in [3.63, 3.8) is 0 Å². The molecule has 0 aliphatic heterocycles. The number of benzene rings is 1. The summed E-state index contributed by atoms with van der Waals surface area (Å²) in [5, 5.41) is 0. The Morgan fingerprint density at radius 1 is 1.33 bits per heavy atom. The fourth-order valence-corrected chi connectivity index (χ4v) is 2.17. The van der Waals surface area contributed by atoms with Crippen molar-refractivity contribution in [2.45, 2.75) is 13.8 Å². The van der Waals surface area contributed by atoms with E-state index in [1.165, 1.54) is 0 Å². The first-order chi connectivity index (χ1) is 8.69. The maximum atomic E-state index is 12.2. The van der Waals surface area contributed by atoms with Crippen LogP contribution in [0.3, 0.4) is 0 Å². The number of halogens is 1. The van der Waals surface area contributed by atoms with E-state index in [1.807, 2.05) is 31.2 Å². The summed E-state index contributed by atoms with van der Waals surface area (Å²) in [4.78, 5) is 14.2. The van der Waals surface area contributed by atoms with Gasteiger partial charge in [-0.25, -0.2) is 0 Å².